The zero-order valence-corrected chi connectivity index (χ0v) is 12.0. The van der Waals surface area contributed by atoms with Crippen LogP contribution in [0.5, 0.6) is 0 Å². The lowest BCUT2D eigenvalue weighted by Crippen LogP contribution is -2.39. The quantitative estimate of drug-likeness (QED) is 0.314. The van der Waals surface area contributed by atoms with Crippen LogP contribution in [-0.4, -0.2) is 52.4 Å². The highest BCUT2D eigenvalue weighted by molar-refractivity contribution is 7.51. The average molecular weight is 272 g/mol. The minimum atomic E-state index is -3.72. The third-order valence-corrected chi connectivity index (χ3v) is 1.97. The smallest absolute Gasteiger partial charge is 0.341 e. The molecule has 3 atom stereocenters. The molecule has 0 aromatic heterocycles. The molecule has 0 bridgehead atoms. The first-order valence-electron chi connectivity index (χ1n) is 5.50. The van der Waals surface area contributed by atoms with Crippen molar-refractivity contribution in [3.63, 3.8) is 0 Å². The maximum absolute atomic E-state index is 10.7. The van der Waals surface area contributed by atoms with Crippen LogP contribution in [-0.2, 0) is 9.19 Å². The van der Waals surface area contributed by atoms with Gasteiger partial charge in [-0.2, -0.15) is 0 Å². The third kappa shape index (κ3) is 13.9. The van der Waals surface area contributed by atoms with Crippen LogP contribution in [0.25, 0.3) is 0 Å². The van der Waals surface area contributed by atoms with E-state index >= 15 is 0 Å². The summed E-state index contributed by atoms with van der Waals surface area (Å²) in [6, 6.07) is 0. The molecule has 0 rings (SSSR count). The molecule has 0 heterocycles. The molecule has 0 aliphatic heterocycles. The van der Waals surface area contributed by atoms with Gasteiger partial charge in [0, 0.05) is 6.66 Å². The number of hydrogen-bond donors (Lipinski definition) is 4. The molecule has 0 spiro atoms. The van der Waals surface area contributed by atoms with Crippen LogP contribution in [0.3, 0.4) is 0 Å². The minimum absolute atomic E-state index is 0.640. The van der Waals surface area contributed by atoms with Crippen molar-refractivity contribution in [2.45, 2.75) is 40.2 Å². The van der Waals surface area contributed by atoms with Crippen molar-refractivity contribution >= 4 is 7.60 Å². The largest absolute Gasteiger partial charge is 0.376 e. The number of rotatable bonds is 6. The summed E-state index contributed by atoms with van der Waals surface area (Å²) in [6.45, 7) is 9.97. The molecule has 17 heavy (non-hydrogen) atoms. The molecule has 4 N–H and O–H groups in total. The van der Waals surface area contributed by atoms with Gasteiger partial charge in [-0.3, -0.25) is 4.57 Å². The fourth-order valence-corrected chi connectivity index (χ4v) is 1.50. The van der Waals surface area contributed by atoms with Gasteiger partial charge >= 0.3 is 7.60 Å². The van der Waals surface area contributed by atoms with Crippen molar-refractivity contribution in [2.24, 2.45) is 0 Å². The average Bonchev–Trinajstić information content (AvgIpc) is 2.14. The number of nitrogens with one attached hydrogen (secondary N) is 1. The Balaban J connectivity index is 0. The van der Waals surface area contributed by atoms with E-state index in [9.17, 15) is 4.57 Å². The van der Waals surface area contributed by atoms with E-state index in [4.69, 9.17) is 15.1 Å². The molecule has 7 nitrogen and oxygen atoms in total. The van der Waals surface area contributed by atoms with Crippen molar-refractivity contribution < 1.29 is 24.3 Å². The molecular formula is C9H25N2O5P. The van der Waals surface area contributed by atoms with Crippen LogP contribution >= 0.6 is 7.60 Å². The Morgan fingerprint density at radius 1 is 1.24 bits per heavy atom. The van der Waals surface area contributed by atoms with Crippen LogP contribution in [0.15, 0.2) is 0 Å². The van der Waals surface area contributed by atoms with E-state index in [-0.39, 0.29) is 0 Å². The number of aliphatic hydroxyl groups is 2. The molecule has 0 aliphatic carbocycles. The van der Waals surface area contributed by atoms with Crippen molar-refractivity contribution in [1.82, 2.24) is 10.4 Å². The summed E-state index contributed by atoms with van der Waals surface area (Å²) < 4.78 is 15.1. The van der Waals surface area contributed by atoms with Crippen LogP contribution < -0.4 is 5.32 Å². The van der Waals surface area contributed by atoms with Gasteiger partial charge in [0.25, 0.3) is 0 Å². The second-order valence-corrected chi connectivity index (χ2v) is 5.23. The third-order valence-electron chi connectivity index (χ3n) is 1.48. The molecule has 3 unspecified atom stereocenters. The lowest BCUT2D eigenvalue weighted by Gasteiger charge is -2.27. The lowest BCUT2D eigenvalue weighted by molar-refractivity contribution is -0.239. The SMILES string of the molecule is CC(O)N(OP(C)(=O)O)C(C)O.CCNCC. The molecule has 106 valence electrons. The summed E-state index contributed by atoms with van der Waals surface area (Å²) >= 11 is 0. The summed E-state index contributed by atoms with van der Waals surface area (Å²) in [5.41, 5.74) is 0. The van der Waals surface area contributed by atoms with Crippen LogP contribution in [0, 0.1) is 0 Å². The Morgan fingerprint density at radius 3 is 1.65 bits per heavy atom. The molecule has 0 saturated heterocycles. The lowest BCUT2D eigenvalue weighted by atomic mass is 10.5. The zero-order chi connectivity index (χ0) is 14.1. The Morgan fingerprint density at radius 2 is 1.59 bits per heavy atom. The second-order valence-electron chi connectivity index (χ2n) is 3.47. The Hall–Kier alpha value is -0.0100. The molecule has 0 aliphatic rings. The zero-order valence-electron chi connectivity index (χ0n) is 11.1. The Bertz CT molecular complexity index is 209. The highest BCUT2D eigenvalue weighted by atomic mass is 31.2. The molecule has 0 aromatic rings. The fraction of sp³-hybridized carbons (Fsp3) is 1.00. The first kappa shape index (κ1) is 19.3. The van der Waals surface area contributed by atoms with Crippen molar-refractivity contribution in [1.29, 1.82) is 0 Å². The molecule has 0 amide bonds. The van der Waals surface area contributed by atoms with Gasteiger partial charge in [-0.05, 0) is 26.9 Å². The van der Waals surface area contributed by atoms with Gasteiger partial charge in [0.15, 0.2) is 0 Å². The normalized spacial score (nSPS) is 17.9. The summed E-state index contributed by atoms with van der Waals surface area (Å²) in [5.74, 6) is 0. The summed E-state index contributed by atoms with van der Waals surface area (Å²) in [7, 11) is -3.72. The Kier molecular flexibility index (Phi) is 11.3. The number of aliphatic hydroxyl groups excluding tert-OH is 2. The summed E-state index contributed by atoms with van der Waals surface area (Å²) in [4.78, 5) is 8.76. The second kappa shape index (κ2) is 9.96. The predicted octanol–water partition coefficient (Wildman–Crippen LogP) is 0.328. The van der Waals surface area contributed by atoms with Crippen LogP contribution in [0.2, 0.25) is 0 Å². The van der Waals surface area contributed by atoms with E-state index in [1.807, 2.05) is 0 Å². The Labute approximate surface area is 103 Å². The van der Waals surface area contributed by atoms with Gasteiger partial charge in [0.1, 0.15) is 12.5 Å². The van der Waals surface area contributed by atoms with Crippen molar-refractivity contribution in [3.05, 3.63) is 0 Å². The van der Waals surface area contributed by atoms with E-state index in [2.05, 4.69) is 23.8 Å². The van der Waals surface area contributed by atoms with Gasteiger partial charge in [0.05, 0.1) is 0 Å². The first-order chi connectivity index (χ1) is 7.65. The maximum Gasteiger partial charge on any atom is 0.341 e. The highest BCUT2D eigenvalue weighted by Gasteiger charge is 2.24. The topological polar surface area (TPSA) is 102 Å². The van der Waals surface area contributed by atoms with Gasteiger partial charge < -0.3 is 20.4 Å². The maximum atomic E-state index is 10.7. The van der Waals surface area contributed by atoms with Crippen molar-refractivity contribution in [3.8, 4) is 0 Å². The molecule has 8 heteroatoms. The van der Waals surface area contributed by atoms with Crippen LogP contribution in [0.1, 0.15) is 27.7 Å². The van der Waals surface area contributed by atoms with Crippen molar-refractivity contribution in [2.75, 3.05) is 19.8 Å². The van der Waals surface area contributed by atoms with Crippen LogP contribution in [0.4, 0.5) is 0 Å². The highest BCUT2D eigenvalue weighted by Crippen LogP contribution is 2.38. The van der Waals surface area contributed by atoms with E-state index < -0.39 is 20.1 Å². The minimum Gasteiger partial charge on any atom is -0.376 e. The van der Waals surface area contributed by atoms with E-state index in [0.717, 1.165) is 19.8 Å². The van der Waals surface area contributed by atoms with E-state index in [1.54, 1.807) is 0 Å². The first-order valence-corrected chi connectivity index (χ1v) is 7.53. The molecule has 0 radical (unpaired) electrons. The fourth-order valence-electron chi connectivity index (χ4n) is 0.874. The predicted molar refractivity (Wildman–Crippen MR) is 66.3 cm³/mol. The summed E-state index contributed by atoms with van der Waals surface area (Å²) in [6.07, 6.45) is -2.30. The number of hydrogen-bond acceptors (Lipinski definition) is 6. The van der Waals surface area contributed by atoms with Gasteiger partial charge in [-0.25, -0.2) is 4.62 Å². The molecule has 0 fully saturated rings. The molecule has 0 aromatic carbocycles. The number of hydroxylamine groups is 2. The van der Waals surface area contributed by atoms with Gasteiger partial charge in [0.2, 0.25) is 0 Å². The number of nitrogens with zero attached hydrogens (tertiary/aromatic N) is 1. The van der Waals surface area contributed by atoms with E-state index in [1.165, 1.54) is 13.8 Å². The molecule has 0 saturated carbocycles. The standard InChI is InChI=1S/C5H14NO5P.C4H11N/c1-4(7)6(5(2)8)11-12(3,9)10;1-3-5-4-2/h4-5,7-8H,1-3H3,(H,9,10);5H,3-4H2,1-2H3. The van der Waals surface area contributed by atoms with Gasteiger partial charge in [-0.1, -0.05) is 13.8 Å². The van der Waals surface area contributed by atoms with E-state index in [0.29, 0.717) is 5.06 Å². The summed E-state index contributed by atoms with van der Waals surface area (Å²) in [5, 5.41) is 21.7. The monoisotopic (exact) mass is 272 g/mol. The van der Waals surface area contributed by atoms with Gasteiger partial charge in [-0.15, -0.1) is 5.06 Å². The molecular weight excluding hydrogens is 247 g/mol.